The number of hydrogen-bond acceptors (Lipinski definition) is 7. The van der Waals surface area contributed by atoms with Crippen LogP contribution in [0.1, 0.15) is 6.92 Å². The van der Waals surface area contributed by atoms with Crippen LogP contribution in [0, 0.1) is 10.1 Å². The summed E-state index contributed by atoms with van der Waals surface area (Å²) in [6, 6.07) is 10.4. The van der Waals surface area contributed by atoms with E-state index in [9.17, 15) is 19.5 Å². The molecule has 0 spiro atoms. The van der Waals surface area contributed by atoms with Crippen LogP contribution in [0.4, 0.5) is 5.69 Å². The molecule has 0 aliphatic heterocycles. The Labute approximate surface area is 163 Å². The molecule has 9 nitrogen and oxygen atoms in total. The van der Waals surface area contributed by atoms with E-state index >= 15 is 0 Å². The molecule has 0 aliphatic rings. The van der Waals surface area contributed by atoms with Crippen LogP contribution in [0.3, 0.4) is 0 Å². The van der Waals surface area contributed by atoms with E-state index < -0.39 is 24.7 Å². The summed E-state index contributed by atoms with van der Waals surface area (Å²) < 4.78 is 29.4. The Bertz CT molecular complexity index is 858. The van der Waals surface area contributed by atoms with Gasteiger partial charge >= 0.3 is 13.7 Å². The normalized spacial score (nSPS) is 13.9. The fraction of sp³-hybridized carbons (Fsp3) is 0.188. The highest BCUT2D eigenvalue weighted by molar-refractivity contribution is 9.10. The Morgan fingerprint density at radius 1 is 1.11 bits per heavy atom. The van der Waals surface area contributed by atoms with Gasteiger partial charge in [-0.1, -0.05) is 15.9 Å². The molecule has 0 aliphatic carbocycles. The third kappa shape index (κ3) is 6.06. The van der Waals surface area contributed by atoms with Crippen molar-refractivity contribution < 1.29 is 28.1 Å². The molecule has 0 radical (unpaired) electrons. The second-order valence-electron chi connectivity index (χ2n) is 5.26. The molecule has 2 aromatic rings. The first-order valence-electron chi connectivity index (χ1n) is 7.57. The maximum atomic E-state index is 13.2. The highest BCUT2D eigenvalue weighted by Crippen LogP contribution is 2.45. The van der Waals surface area contributed by atoms with Gasteiger partial charge in [0.1, 0.15) is 17.5 Å². The molecule has 0 bridgehead atoms. The molecule has 2 aromatic carbocycles. The van der Waals surface area contributed by atoms with Crippen LogP contribution in [-0.2, 0) is 14.1 Å². The molecule has 0 fully saturated rings. The molecule has 0 amide bonds. The average molecular weight is 459 g/mol. The summed E-state index contributed by atoms with van der Waals surface area (Å²) >= 11 is 3.28. The minimum Gasteiger partial charge on any atom is -0.468 e. The summed E-state index contributed by atoms with van der Waals surface area (Å²) in [5.74, 6) is -0.374. The number of halogens is 1. The van der Waals surface area contributed by atoms with Crippen LogP contribution in [0.15, 0.2) is 53.0 Å². The fourth-order valence-electron chi connectivity index (χ4n) is 1.94. The first kappa shape index (κ1) is 20.9. The monoisotopic (exact) mass is 458 g/mol. The number of nitrogens with one attached hydrogen (secondary N) is 1. The SMILES string of the molecule is COC(=O)[C@H](C)NP(=O)(Oc1ccc(Br)cc1)Oc1ccc([N+](=O)[O-])cc1. The number of carbonyl (C=O) groups is 1. The number of benzene rings is 2. The van der Waals surface area contributed by atoms with Gasteiger partial charge in [0.05, 0.1) is 12.0 Å². The number of carbonyl (C=O) groups excluding carboxylic acids is 1. The summed E-state index contributed by atoms with van der Waals surface area (Å²) in [7, 11) is -2.88. The largest absolute Gasteiger partial charge is 0.513 e. The topological polar surface area (TPSA) is 117 Å². The minimum atomic E-state index is -4.08. The van der Waals surface area contributed by atoms with Crippen molar-refractivity contribution in [2.75, 3.05) is 7.11 Å². The predicted octanol–water partition coefficient (Wildman–Crippen LogP) is 4.07. The van der Waals surface area contributed by atoms with Crippen molar-refractivity contribution in [3.63, 3.8) is 0 Å². The lowest BCUT2D eigenvalue weighted by atomic mass is 10.3. The lowest BCUT2D eigenvalue weighted by molar-refractivity contribution is -0.384. The van der Waals surface area contributed by atoms with Crippen molar-refractivity contribution in [1.29, 1.82) is 0 Å². The smallest absolute Gasteiger partial charge is 0.468 e. The van der Waals surface area contributed by atoms with E-state index in [2.05, 4.69) is 25.8 Å². The van der Waals surface area contributed by atoms with Gasteiger partial charge in [0.25, 0.3) is 5.69 Å². The van der Waals surface area contributed by atoms with Crippen LogP contribution in [0.25, 0.3) is 0 Å². The summed E-state index contributed by atoms with van der Waals surface area (Å²) in [6.45, 7) is 1.43. The van der Waals surface area contributed by atoms with Crippen molar-refractivity contribution in [3.05, 3.63) is 63.1 Å². The average Bonchev–Trinajstić information content (AvgIpc) is 2.63. The third-order valence-corrected chi connectivity index (χ3v) is 5.35. The zero-order valence-electron chi connectivity index (χ0n) is 14.3. The Kier molecular flexibility index (Phi) is 6.95. The summed E-state index contributed by atoms with van der Waals surface area (Å²) in [6.07, 6.45) is 0. The van der Waals surface area contributed by atoms with Gasteiger partial charge in [0.15, 0.2) is 0 Å². The van der Waals surface area contributed by atoms with Crippen molar-refractivity contribution in [2.45, 2.75) is 13.0 Å². The zero-order valence-corrected chi connectivity index (χ0v) is 16.8. The van der Waals surface area contributed by atoms with Gasteiger partial charge in [-0.3, -0.25) is 14.9 Å². The Hall–Kier alpha value is -2.42. The van der Waals surface area contributed by atoms with E-state index in [1.165, 1.54) is 38.3 Å². The van der Waals surface area contributed by atoms with E-state index in [1.807, 2.05) is 0 Å². The van der Waals surface area contributed by atoms with Gasteiger partial charge in [0, 0.05) is 16.6 Å². The van der Waals surface area contributed by atoms with Gasteiger partial charge < -0.3 is 13.8 Å². The number of nitrogens with zero attached hydrogens (tertiary/aromatic N) is 1. The molecule has 2 rings (SSSR count). The first-order chi connectivity index (χ1) is 12.7. The van der Waals surface area contributed by atoms with Crippen LogP contribution in [0.2, 0.25) is 0 Å². The summed E-state index contributed by atoms with van der Waals surface area (Å²) in [5.41, 5.74) is -0.151. The van der Waals surface area contributed by atoms with Crippen LogP contribution >= 0.6 is 23.7 Å². The van der Waals surface area contributed by atoms with Crippen LogP contribution < -0.4 is 14.1 Å². The fourth-order valence-corrected chi connectivity index (χ4v) is 3.72. The Morgan fingerprint density at radius 3 is 2.04 bits per heavy atom. The van der Waals surface area contributed by atoms with Crippen molar-refractivity contribution in [1.82, 2.24) is 5.09 Å². The molecule has 0 saturated carbocycles. The molecule has 27 heavy (non-hydrogen) atoms. The molecular formula is C16H16BrN2O7P. The molecule has 0 aromatic heterocycles. The maximum absolute atomic E-state index is 13.2. The van der Waals surface area contributed by atoms with E-state index in [0.717, 1.165) is 4.47 Å². The Balaban J connectivity index is 2.27. The third-order valence-electron chi connectivity index (χ3n) is 3.22. The number of esters is 1. The van der Waals surface area contributed by atoms with Crippen molar-refractivity contribution in [2.24, 2.45) is 0 Å². The molecule has 1 unspecified atom stereocenters. The number of nitro groups is 1. The van der Waals surface area contributed by atoms with Gasteiger partial charge in [-0.05, 0) is 43.3 Å². The number of rotatable bonds is 8. The maximum Gasteiger partial charge on any atom is 0.513 e. The second kappa shape index (κ2) is 8.98. The Morgan fingerprint density at radius 2 is 1.59 bits per heavy atom. The van der Waals surface area contributed by atoms with Gasteiger partial charge in [-0.15, -0.1) is 0 Å². The van der Waals surface area contributed by atoms with Gasteiger partial charge in [-0.25, -0.2) is 4.57 Å². The quantitative estimate of drug-likeness (QED) is 0.272. The molecule has 0 saturated heterocycles. The number of methoxy groups -OCH3 is 1. The number of nitro benzene ring substituents is 1. The second-order valence-corrected chi connectivity index (χ2v) is 7.79. The molecule has 2 atom stereocenters. The summed E-state index contributed by atoms with van der Waals surface area (Å²) in [5, 5.41) is 13.2. The predicted molar refractivity (Wildman–Crippen MR) is 101 cm³/mol. The number of non-ortho nitro benzene ring substituents is 1. The van der Waals surface area contributed by atoms with E-state index in [4.69, 9.17) is 9.05 Å². The van der Waals surface area contributed by atoms with Gasteiger partial charge in [0.2, 0.25) is 0 Å². The highest BCUT2D eigenvalue weighted by atomic mass is 79.9. The van der Waals surface area contributed by atoms with Crippen LogP contribution in [0.5, 0.6) is 11.5 Å². The standard InChI is InChI=1S/C16H16BrN2O7P/c1-11(16(20)24-2)18-27(23,25-14-7-3-12(17)4-8-14)26-15-9-5-13(6-10-15)19(21)22/h3-11H,1-2H3,(H,18,23)/t11-,27?/m0/s1. The number of hydrogen-bond donors (Lipinski definition) is 1. The number of ether oxygens (including phenoxy) is 1. The molecular weight excluding hydrogens is 443 g/mol. The zero-order chi connectivity index (χ0) is 20.0. The first-order valence-corrected chi connectivity index (χ1v) is 9.91. The van der Waals surface area contributed by atoms with Gasteiger partial charge in [-0.2, -0.15) is 5.09 Å². The summed E-state index contributed by atoms with van der Waals surface area (Å²) in [4.78, 5) is 21.8. The minimum absolute atomic E-state index is 0.0608. The molecule has 1 N–H and O–H groups in total. The van der Waals surface area contributed by atoms with E-state index in [-0.39, 0.29) is 17.2 Å². The molecule has 0 heterocycles. The molecule has 144 valence electrons. The van der Waals surface area contributed by atoms with E-state index in [1.54, 1.807) is 24.3 Å². The molecule has 11 heteroatoms. The van der Waals surface area contributed by atoms with Crippen LogP contribution in [-0.4, -0.2) is 24.0 Å². The lowest BCUT2D eigenvalue weighted by Gasteiger charge is -2.22. The van der Waals surface area contributed by atoms with Crippen molar-refractivity contribution >= 4 is 35.3 Å². The van der Waals surface area contributed by atoms with E-state index in [0.29, 0.717) is 0 Å². The van der Waals surface area contributed by atoms with Crippen molar-refractivity contribution in [3.8, 4) is 11.5 Å². The lowest BCUT2D eigenvalue weighted by Crippen LogP contribution is -2.35. The highest BCUT2D eigenvalue weighted by Gasteiger charge is 2.33.